The fourth-order valence-corrected chi connectivity index (χ4v) is 2.29. The van der Waals surface area contributed by atoms with Gasteiger partial charge in [-0.3, -0.25) is 9.78 Å². The molecule has 0 unspecified atom stereocenters. The first-order chi connectivity index (χ1) is 11.5. The van der Waals surface area contributed by atoms with Gasteiger partial charge in [-0.1, -0.05) is 38.3 Å². The SMILES string of the molecule is CCCCCCNC(=O)n1cc(-c2ccc(F)cc2)c(=O)[nH]c1=O.[HH].[HH]. The molecule has 24 heavy (non-hydrogen) atoms. The second-order valence-electron chi connectivity index (χ2n) is 5.47. The summed E-state index contributed by atoms with van der Waals surface area (Å²) in [6, 6.07) is 4.64. The summed E-state index contributed by atoms with van der Waals surface area (Å²) in [5, 5.41) is 2.65. The Morgan fingerprint density at radius 3 is 2.58 bits per heavy atom. The van der Waals surface area contributed by atoms with E-state index in [1.54, 1.807) is 0 Å². The number of hydrogen-bond acceptors (Lipinski definition) is 3. The molecule has 0 bridgehead atoms. The molecule has 0 aliphatic carbocycles. The van der Waals surface area contributed by atoms with Crippen LogP contribution in [-0.2, 0) is 0 Å². The molecule has 7 heteroatoms. The van der Waals surface area contributed by atoms with Gasteiger partial charge in [0.2, 0.25) is 0 Å². The van der Waals surface area contributed by atoms with E-state index in [4.69, 9.17) is 0 Å². The van der Waals surface area contributed by atoms with Crippen molar-refractivity contribution in [1.29, 1.82) is 0 Å². The highest BCUT2D eigenvalue weighted by Gasteiger charge is 2.12. The normalized spacial score (nSPS) is 10.6. The quantitative estimate of drug-likeness (QED) is 0.795. The molecule has 0 atom stereocenters. The minimum absolute atomic E-state index is 0. The lowest BCUT2D eigenvalue weighted by atomic mass is 10.1. The van der Waals surface area contributed by atoms with E-state index in [9.17, 15) is 18.8 Å². The Hall–Kier alpha value is -2.70. The molecule has 1 amide bonds. The lowest BCUT2D eigenvalue weighted by Gasteiger charge is -2.08. The van der Waals surface area contributed by atoms with Crippen LogP contribution in [0.2, 0.25) is 0 Å². The van der Waals surface area contributed by atoms with Gasteiger partial charge in [0.05, 0.1) is 5.56 Å². The minimum atomic E-state index is -0.808. The van der Waals surface area contributed by atoms with Crippen LogP contribution in [0.4, 0.5) is 9.18 Å². The van der Waals surface area contributed by atoms with Crippen LogP contribution in [0.25, 0.3) is 11.1 Å². The monoisotopic (exact) mass is 337 g/mol. The Balaban J connectivity index is 0.00000312. The van der Waals surface area contributed by atoms with E-state index in [0.29, 0.717) is 12.1 Å². The van der Waals surface area contributed by atoms with Gasteiger partial charge in [0.1, 0.15) is 5.82 Å². The number of aromatic amines is 1. The van der Waals surface area contributed by atoms with Gasteiger partial charge in [0.25, 0.3) is 5.56 Å². The lowest BCUT2D eigenvalue weighted by Crippen LogP contribution is -2.40. The predicted molar refractivity (Wildman–Crippen MR) is 93.9 cm³/mol. The maximum atomic E-state index is 13.0. The van der Waals surface area contributed by atoms with Crippen molar-refractivity contribution in [3.05, 3.63) is 57.1 Å². The average Bonchev–Trinajstić information content (AvgIpc) is 2.55. The molecule has 0 spiro atoms. The zero-order valence-electron chi connectivity index (χ0n) is 13.5. The summed E-state index contributed by atoms with van der Waals surface area (Å²) in [5.74, 6) is -0.437. The van der Waals surface area contributed by atoms with Gasteiger partial charge in [-0.05, 0) is 24.1 Å². The molecule has 132 valence electrons. The van der Waals surface area contributed by atoms with E-state index in [1.807, 2.05) is 0 Å². The van der Waals surface area contributed by atoms with Gasteiger partial charge >= 0.3 is 11.7 Å². The number of unbranched alkanes of at least 4 members (excludes halogenated alkanes) is 3. The zero-order chi connectivity index (χ0) is 17.5. The number of hydrogen-bond donors (Lipinski definition) is 2. The van der Waals surface area contributed by atoms with Crippen LogP contribution in [-0.4, -0.2) is 22.1 Å². The van der Waals surface area contributed by atoms with Gasteiger partial charge in [-0.25, -0.2) is 18.5 Å². The largest absolute Gasteiger partial charge is 0.337 e. The maximum Gasteiger partial charge on any atom is 0.336 e. The second-order valence-corrected chi connectivity index (χ2v) is 5.47. The molecule has 1 heterocycles. The Kier molecular flexibility index (Phi) is 6.06. The molecule has 0 saturated carbocycles. The molecular formula is C17H24FN3O3. The number of halogens is 1. The molecule has 2 rings (SSSR count). The molecule has 6 nitrogen and oxygen atoms in total. The number of H-pyrrole nitrogens is 1. The zero-order valence-corrected chi connectivity index (χ0v) is 13.5. The Morgan fingerprint density at radius 1 is 1.21 bits per heavy atom. The molecule has 0 saturated heterocycles. The van der Waals surface area contributed by atoms with Crippen molar-refractivity contribution in [1.82, 2.24) is 14.9 Å². The maximum absolute atomic E-state index is 13.0. The van der Waals surface area contributed by atoms with Crippen LogP contribution in [0.5, 0.6) is 0 Å². The van der Waals surface area contributed by atoms with Crippen molar-refractivity contribution in [3.63, 3.8) is 0 Å². The van der Waals surface area contributed by atoms with E-state index in [2.05, 4.69) is 17.2 Å². The van der Waals surface area contributed by atoms with Crippen LogP contribution >= 0.6 is 0 Å². The van der Waals surface area contributed by atoms with Crippen LogP contribution < -0.4 is 16.6 Å². The highest BCUT2D eigenvalue weighted by molar-refractivity contribution is 5.77. The third-order valence-corrected chi connectivity index (χ3v) is 3.62. The van der Waals surface area contributed by atoms with Crippen molar-refractivity contribution < 1.29 is 12.0 Å². The second kappa shape index (κ2) is 8.24. The fraction of sp³-hybridized carbons (Fsp3) is 0.353. The summed E-state index contributed by atoms with van der Waals surface area (Å²) in [4.78, 5) is 38.0. The standard InChI is InChI=1S/C17H20FN3O3.2H2/c1-2-3-4-5-10-19-16(23)21-11-14(15(22)20-17(21)24)12-6-8-13(18)9-7-12;;/h6-9,11H,2-5,10H2,1H3,(H,19,23)(H,20,22,24);2*1H. The Bertz CT molecular complexity index is 819. The number of aromatic nitrogens is 2. The summed E-state index contributed by atoms with van der Waals surface area (Å²) in [6.07, 6.45) is 5.17. The minimum Gasteiger partial charge on any atom is -0.337 e. The summed E-state index contributed by atoms with van der Waals surface area (Å²) in [6.45, 7) is 2.55. The van der Waals surface area contributed by atoms with Gasteiger partial charge in [-0.15, -0.1) is 0 Å². The van der Waals surface area contributed by atoms with Gasteiger partial charge in [-0.2, -0.15) is 0 Å². The number of nitrogens with zero attached hydrogens (tertiary/aromatic N) is 1. The van der Waals surface area contributed by atoms with Gasteiger partial charge < -0.3 is 5.32 Å². The molecule has 0 fully saturated rings. The number of rotatable bonds is 6. The van der Waals surface area contributed by atoms with Crippen molar-refractivity contribution >= 4 is 6.03 Å². The summed E-state index contributed by atoms with van der Waals surface area (Å²) >= 11 is 0. The molecule has 0 radical (unpaired) electrons. The highest BCUT2D eigenvalue weighted by Crippen LogP contribution is 2.14. The van der Waals surface area contributed by atoms with E-state index >= 15 is 0 Å². The Labute approximate surface area is 141 Å². The fourth-order valence-electron chi connectivity index (χ4n) is 2.29. The summed E-state index contributed by atoms with van der Waals surface area (Å²) in [7, 11) is 0. The van der Waals surface area contributed by atoms with Crippen molar-refractivity contribution in [2.45, 2.75) is 32.6 Å². The van der Waals surface area contributed by atoms with E-state index in [0.717, 1.165) is 30.3 Å². The predicted octanol–water partition coefficient (Wildman–Crippen LogP) is 2.97. The van der Waals surface area contributed by atoms with Crippen LogP contribution in [0.3, 0.4) is 0 Å². The average molecular weight is 337 g/mol. The van der Waals surface area contributed by atoms with Crippen molar-refractivity contribution in [3.8, 4) is 11.1 Å². The number of nitrogens with one attached hydrogen (secondary N) is 2. The molecule has 2 N–H and O–H groups in total. The van der Waals surface area contributed by atoms with Crippen LogP contribution in [0.1, 0.15) is 35.5 Å². The first-order valence-corrected chi connectivity index (χ1v) is 7.93. The topological polar surface area (TPSA) is 84.0 Å². The van der Waals surface area contributed by atoms with Crippen molar-refractivity contribution in [2.75, 3.05) is 6.54 Å². The summed E-state index contributed by atoms with van der Waals surface area (Å²) < 4.78 is 13.8. The molecule has 0 aliphatic rings. The van der Waals surface area contributed by atoms with Crippen LogP contribution in [0.15, 0.2) is 40.1 Å². The van der Waals surface area contributed by atoms with E-state index in [-0.39, 0.29) is 8.42 Å². The van der Waals surface area contributed by atoms with Crippen LogP contribution in [0, 0.1) is 5.82 Å². The Morgan fingerprint density at radius 2 is 1.92 bits per heavy atom. The highest BCUT2D eigenvalue weighted by atomic mass is 19.1. The van der Waals surface area contributed by atoms with E-state index in [1.165, 1.54) is 30.5 Å². The molecule has 1 aromatic carbocycles. The van der Waals surface area contributed by atoms with Crippen molar-refractivity contribution in [2.24, 2.45) is 0 Å². The number of carbonyl (C=O) groups is 1. The third-order valence-electron chi connectivity index (χ3n) is 3.62. The summed E-state index contributed by atoms with van der Waals surface area (Å²) in [5.41, 5.74) is -0.895. The molecule has 1 aromatic heterocycles. The van der Waals surface area contributed by atoms with Gasteiger partial charge in [0.15, 0.2) is 0 Å². The third kappa shape index (κ3) is 4.41. The van der Waals surface area contributed by atoms with E-state index < -0.39 is 23.1 Å². The van der Waals surface area contributed by atoms with Gasteiger partial charge in [0, 0.05) is 15.6 Å². The smallest absolute Gasteiger partial charge is 0.336 e. The molecule has 0 aliphatic heterocycles. The first-order valence-electron chi connectivity index (χ1n) is 7.93. The number of carbonyl (C=O) groups excluding carboxylic acids is 1. The number of benzene rings is 1. The number of amides is 1. The lowest BCUT2D eigenvalue weighted by molar-refractivity contribution is 0.241. The molecule has 2 aromatic rings. The first kappa shape index (κ1) is 17.7. The molecular weight excluding hydrogens is 313 g/mol.